The Labute approximate surface area is 86.2 Å². The quantitative estimate of drug-likeness (QED) is 0.802. The number of ether oxygens (including phenoxy) is 1. The van der Waals surface area contributed by atoms with Crippen molar-refractivity contribution < 1.29 is 19.2 Å². The minimum atomic E-state index is -0.937. The van der Waals surface area contributed by atoms with Gasteiger partial charge in [0.15, 0.2) is 11.9 Å². The highest BCUT2D eigenvalue weighted by molar-refractivity contribution is 5.72. The zero-order valence-corrected chi connectivity index (χ0v) is 8.34. The molecule has 2 heterocycles. The molecule has 1 aromatic rings. The van der Waals surface area contributed by atoms with E-state index in [0.717, 1.165) is 0 Å². The van der Waals surface area contributed by atoms with Gasteiger partial charge in [0.2, 0.25) is 0 Å². The van der Waals surface area contributed by atoms with E-state index in [4.69, 9.17) is 14.4 Å². The van der Waals surface area contributed by atoms with Gasteiger partial charge >= 0.3 is 5.97 Å². The van der Waals surface area contributed by atoms with Crippen LogP contribution in [0.5, 0.6) is 0 Å². The topological polar surface area (TPSA) is 85.5 Å². The highest BCUT2D eigenvalue weighted by Crippen LogP contribution is 2.31. The molecule has 0 radical (unpaired) electrons. The Morgan fingerprint density at radius 2 is 2.40 bits per heavy atom. The molecule has 0 saturated carbocycles. The predicted molar refractivity (Wildman–Crippen MR) is 48.2 cm³/mol. The van der Waals surface area contributed by atoms with Crippen LogP contribution >= 0.6 is 0 Å². The second kappa shape index (κ2) is 3.98. The molecule has 2 atom stereocenters. The SMILES string of the molecule is CCc1noc(C2CCC(C(=O)O)O2)n1. The maximum atomic E-state index is 10.6. The fourth-order valence-electron chi connectivity index (χ4n) is 1.54. The lowest BCUT2D eigenvalue weighted by atomic mass is 10.2. The first-order chi connectivity index (χ1) is 7.20. The molecular weight excluding hydrogens is 200 g/mol. The first-order valence-corrected chi connectivity index (χ1v) is 4.91. The van der Waals surface area contributed by atoms with E-state index in [-0.39, 0.29) is 6.10 Å². The highest BCUT2D eigenvalue weighted by Gasteiger charge is 2.34. The summed E-state index contributed by atoms with van der Waals surface area (Å²) < 4.78 is 10.3. The van der Waals surface area contributed by atoms with Crippen LogP contribution in [0.2, 0.25) is 0 Å². The molecule has 0 spiro atoms. The van der Waals surface area contributed by atoms with Gasteiger partial charge in [-0.25, -0.2) is 4.79 Å². The van der Waals surface area contributed by atoms with Crippen LogP contribution in [0.3, 0.4) is 0 Å². The van der Waals surface area contributed by atoms with E-state index in [2.05, 4.69) is 10.1 Å². The summed E-state index contributed by atoms with van der Waals surface area (Å²) in [6.45, 7) is 1.92. The molecule has 6 nitrogen and oxygen atoms in total. The summed E-state index contributed by atoms with van der Waals surface area (Å²) in [5.74, 6) is 0.0655. The van der Waals surface area contributed by atoms with Crippen LogP contribution in [0.15, 0.2) is 4.52 Å². The third-order valence-corrected chi connectivity index (χ3v) is 2.37. The van der Waals surface area contributed by atoms with E-state index >= 15 is 0 Å². The highest BCUT2D eigenvalue weighted by atomic mass is 16.5. The molecule has 1 saturated heterocycles. The molecule has 0 aliphatic carbocycles. The Morgan fingerprint density at radius 1 is 1.60 bits per heavy atom. The molecule has 1 aliphatic heterocycles. The van der Waals surface area contributed by atoms with Crippen molar-refractivity contribution >= 4 is 5.97 Å². The average Bonchev–Trinajstić information content (AvgIpc) is 2.86. The van der Waals surface area contributed by atoms with Gasteiger partial charge in [-0.05, 0) is 12.8 Å². The summed E-state index contributed by atoms with van der Waals surface area (Å²) in [4.78, 5) is 14.8. The fraction of sp³-hybridized carbons (Fsp3) is 0.667. The molecule has 6 heteroatoms. The van der Waals surface area contributed by atoms with Crippen LogP contribution in [0.1, 0.15) is 37.6 Å². The Bertz CT molecular complexity index is 363. The Morgan fingerprint density at radius 3 is 2.93 bits per heavy atom. The third kappa shape index (κ3) is 1.99. The number of hydrogen-bond acceptors (Lipinski definition) is 5. The van der Waals surface area contributed by atoms with E-state index in [9.17, 15) is 4.79 Å². The van der Waals surface area contributed by atoms with Crippen molar-refractivity contribution in [3.05, 3.63) is 11.7 Å². The number of carboxylic acids is 1. The number of hydrogen-bond donors (Lipinski definition) is 1. The Kier molecular flexibility index (Phi) is 2.68. The lowest BCUT2D eigenvalue weighted by Crippen LogP contribution is -2.18. The third-order valence-electron chi connectivity index (χ3n) is 2.37. The van der Waals surface area contributed by atoms with E-state index in [1.807, 2.05) is 6.92 Å². The second-order valence-electron chi connectivity index (χ2n) is 3.43. The van der Waals surface area contributed by atoms with Gasteiger partial charge in [0, 0.05) is 6.42 Å². The number of carboxylic acid groups (broad SMARTS) is 1. The van der Waals surface area contributed by atoms with Gasteiger partial charge < -0.3 is 14.4 Å². The summed E-state index contributed by atoms with van der Waals surface area (Å²) in [7, 11) is 0. The van der Waals surface area contributed by atoms with Gasteiger partial charge in [-0.1, -0.05) is 12.1 Å². The van der Waals surface area contributed by atoms with Gasteiger partial charge in [0.1, 0.15) is 6.10 Å². The molecule has 1 fully saturated rings. The molecule has 2 rings (SSSR count). The Hall–Kier alpha value is -1.43. The zero-order chi connectivity index (χ0) is 10.8. The van der Waals surface area contributed by atoms with Crippen LogP contribution in [0, 0.1) is 0 Å². The summed E-state index contributed by atoms with van der Waals surface area (Å²) in [6, 6.07) is 0. The Balaban J connectivity index is 2.04. The van der Waals surface area contributed by atoms with Crippen molar-refractivity contribution in [2.75, 3.05) is 0 Å². The first kappa shape index (κ1) is 10.1. The molecular formula is C9H12N2O4. The van der Waals surface area contributed by atoms with Crippen molar-refractivity contribution in [3.63, 3.8) is 0 Å². The van der Waals surface area contributed by atoms with Crippen molar-refractivity contribution in [1.29, 1.82) is 0 Å². The van der Waals surface area contributed by atoms with Crippen LogP contribution in [-0.2, 0) is 16.0 Å². The minimum absolute atomic E-state index is 0.362. The van der Waals surface area contributed by atoms with Gasteiger partial charge in [-0.15, -0.1) is 0 Å². The summed E-state index contributed by atoms with van der Waals surface area (Å²) in [6.07, 6.45) is 0.691. The fourth-order valence-corrected chi connectivity index (χ4v) is 1.54. The van der Waals surface area contributed by atoms with Gasteiger partial charge in [-0.3, -0.25) is 0 Å². The van der Waals surface area contributed by atoms with Gasteiger partial charge in [-0.2, -0.15) is 4.98 Å². The summed E-state index contributed by atoms with van der Waals surface area (Å²) >= 11 is 0. The molecule has 1 N–H and O–H groups in total. The predicted octanol–water partition coefficient (Wildman–Crippen LogP) is 0.937. The van der Waals surface area contributed by atoms with Crippen LogP contribution in [-0.4, -0.2) is 27.3 Å². The molecule has 0 aromatic carbocycles. The number of carbonyl (C=O) groups is 1. The molecule has 0 amide bonds. The van der Waals surface area contributed by atoms with Crippen molar-refractivity contribution in [2.45, 2.75) is 38.4 Å². The van der Waals surface area contributed by atoms with Crippen molar-refractivity contribution in [2.24, 2.45) is 0 Å². The van der Waals surface area contributed by atoms with E-state index < -0.39 is 12.1 Å². The standard InChI is InChI=1S/C9H12N2O4/c1-2-7-10-8(15-11-7)5-3-4-6(14-5)9(12)13/h5-6H,2-4H2,1H3,(H,12,13). The maximum Gasteiger partial charge on any atom is 0.332 e. The molecule has 0 bridgehead atoms. The van der Waals surface area contributed by atoms with Crippen molar-refractivity contribution in [1.82, 2.24) is 10.1 Å². The zero-order valence-electron chi connectivity index (χ0n) is 8.34. The number of rotatable bonds is 3. The normalized spacial score (nSPS) is 25.7. The minimum Gasteiger partial charge on any atom is -0.479 e. The average molecular weight is 212 g/mol. The molecule has 1 aromatic heterocycles. The number of nitrogens with zero attached hydrogens (tertiary/aromatic N) is 2. The smallest absolute Gasteiger partial charge is 0.332 e. The van der Waals surface area contributed by atoms with Gasteiger partial charge in [0.25, 0.3) is 5.89 Å². The van der Waals surface area contributed by atoms with Crippen LogP contribution < -0.4 is 0 Å². The first-order valence-electron chi connectivity index (χ1n) is 4.91. The molecule has 82 valence electrons. The van der Waals surface area contributed by atoms with Gasteiger partial charge in [0.05, 0.1) is 0 Å². The van der Waals surface area contributed by atoms with Crippen LogP contribution in [0.4, 0.5) is 0 Å². The van der Waals surface area contributed by atoms with Crippen LogP contribution in [0.25, 0.3) is 0 Å². The second-order valence-corrected chi connectivity index (χ2v) is 3.43. The number of aromatic nitrogens is 2. The maximum absolute atomic E-state index is 10.6. The summed E-state index contributed by atoms with van der Waals surface area (Å²) in [5, 5.41) is 12.5. The number of aliphatic carboxylic acids is 1. The molecule has 1 aliphatic rings. The van der Waals surface area contributed by atoms with Crippen molar-refractivity contribution in [3.8, 4) is 0 Å². The lowest BCUT2D eigenvalue weighted by Gasteiger charge is -2.05. The molecule has 15 heavy (non-hydrogen) atoms. The summed E-state index contributed by atoms with van der Waals surface area (Å²) in [5.41, 5.74) is 0. The van der Waals surface area contributed by atoms with E-state index in [1.54, 1.807) is 0 Å². The molecule has 2 unspecified atom stereocenters. The van der Waals surface area contributed by atoms with E-state index in [0.29, 0.717) is 31.0 Å². The lowest BCUT2D eigenvalue weighted by molar-refractivity contribution is -0.150. The monoisotopic (exact) mass is 212 g/mol. The largest absolute Gasteiger partial charge is 0.479 e. The van der Waals surface area contributed by atoms with E-state index in [1.165, 1.54) is 0 Å². The number of aryl methyl sites for hydroxylation is 1.